The number of hydrogen-bond acceptors (Lipinski definition) is 7. The first-order valence-corrected chi connectivity index (χ1v) is 7.56. The summed E-state index contributed by atoms with van der Waals surface area (Å²) < 4.78 is 20.6. The lowest BCUT2D eigenvalue weighted by Gasteiger charge is -2.09. The molecule has 0 aromatic heterocycles. The number of ether oxygens (including phenoxy) is 4. The molecule has 0 fully saturated rings. The SMILES string of the molecule is O=C(OCCOc1ccccc1Cl)c1cc2c(cc1[N+](=O)[O-])OCO2. The third-order valence-electron chi connectivity index (χ3n) is 3.32. The van der Waals surface area contributed by atoms with Crippen molar-refractivity contribution in [2.24, 2.45) is 0 Å². The number of nitrogens with zero attached hydrogens (tertiary/aromatic N) is 1. The Morgan fingerprint density at radius 2 is 1.92 bits per heavy atom. The van der Waals surface area contributed by atoms with Crippen molar-refractivity contribution in [2.45, 2.75) is 0 Å². The number of esters is 1. The summed E-state index contributed by atoms with van der Waals surface area (Å²) in [5, 5.41) is 11.6. The fraction of sp³-hybridized carbons (Fsp3) is 0.188. The predicted molar refractivity (Wildman–Crippen MR) is 86.4 cm³/mol. The molecule has 3 rings (SSSR count). The van der Waals surface area contributed by atoms with Gasteiger partial charge < -0.3 is 18.9 Å². The average molecular weight is 366 g/mol. The van der Waals surface area contributed by atoms with Crippen molar-refractivity contribution in [3.05, 3.63) is 57.1 Å². The van der Waals surface area contributed by atoms with E-state index in [1.807, 2.05) is 0 Å². The van der Waals surface area contributed by atoms with Crippen LogP contribution in [-0.4, -0.2) is 30.9 Å². The molecule has 8 nitrogen and oxygen atoms in total. The number of nitro benzene ring substituents is 1. The van der Waals surface area contributed by atoms with Crippen LogP contribution in [0.2, 0.25) is 5.02 Å². The van der Waals surface area contributed by atoms with Crippen molar-refractivity contribution >= 4 is 23.3 Å². The van der Waals surface area contributed by atoms with E-state index in [2.05, 4.69) is 0 Å². The quantitative estimate of drug-likeness (QED) is 0.335. The van der Waals surface area contributed by atoms with Gasteiger partial charge in [0.15, 0.2) is 11.5 Å². The fourth-order valence-electron chi connectivity index (χ4n) is 2.17. The summed E-state index contributed by atoms with van der Waals surface area (Å²) >= 11 is 5.94. The summed E-state index contributed by atoms with van der Waals surface area (Å²) in [6.07, 6.45) is 0. The number of rotatable bonds is 6. The number of benzene rings is 2. The minimum absolute atomic E-state index is 0.0494. The van der Waals surface area contributed by atoms with Gasteiger partial charge in [-0.1, -0.05) is 23.7 Å². The Labute approximate surface area is 147 Å². The van der Waals surface area contributed by atoms with E-state index in [0.29, 0.717) is 10.8 Å². The normalized spacial score (nSPS) is 11.9. The van der Waals surface area contributed by atoms with Gasteiger partial charge in [0.2, 0.25) is 6.79 Å². The van der Waals surface area contributed by atoms with E-state index in [0.717, 1.165) is 6.07 Å². The van der Waals surface area contributed by atoms with E-state index in [1.54, 1.807) is 24.3 Å². The number of para-hydroxylation sites is 1. The Morgan fingerprint density at radius 3 is 2.64 bits per heavy atom. The average Bonchev–Trinajstić information content (AvgIpc) is 3.06. The summed E-state index contributed by atoms with van der Waals surface area (Å²) in [6.45, 7) is -0.111. The lowest BCUT2D eigenvalue weighted by molar-refractivity contribution is -0.385. The van der Waals surface area contributed by atoms with Gasteiger partial charge in [0.1, 0.15) is 24.5 Å². The van der Waals surface area contributed by atoms with Gasteiger partial charge in [0.05, 0.1) is 16.0 Å². The van der Waals surface area contributed by atoms with Gasteiger partial charge in [0.25, 0.3) is 5.69 Å². The molecule has 1 heterocycles. The number of carbonyl (C=O) groups is 1. The van der Waals surface area contributed by atoms with Gasteiger partial charge in [0, 0.05) is 6.07 Å². The summed E-state index contributed by atoms with van der Waals surface area (Å²) in [5.74, 6) is 0.0669. The molecule has 2 aromatic carbocycles. The van der Waals surface area contributed by atoms with Gasteiger partial charge in [-0.25, -0.2) is 4.79 Å². The van der Waals surface area contributed by atoms with Gasteiger partial charge in [-0.2, -0.15) is 0 Å². The summed E-state index contributed by atoms with van der Waals surface area (Å²) in [6, 6.07) is 9.22. The lowest BCUT2D eigenvalue weighted by Crippen LogP contribution is -2.14. The Kier molecular flexibility index (Phi) is 4.90. The molecule has 2 aromatic rings. The molecule has 0 bridgehead atoms. The molecule has 1 aliphatic rings. The first kappa shape index (κ1) is 16.8. The molecule has 0 saturated carbocycles. The highest BCUT2D eigenvalue weighted by atomic mass is 35.5. The first-order chi connectivity index (χ1) is 12.1. The molecule has 0 radical (unpaired) electrons. The zero-order chi connectivity index (χ0) is 17.8. The maximum absolute atomic E-state index is 12.1. The van der Waals surface area contributed by atoms with E-state index in [4.69, 9.17) is 30.5 Å². The van der Waals surface area contributed by atoms with E-state index in [9.17, 15) is 14.9 Å². The summed E-state index contributed by atoms with van der Waals surface area (Å²) in [7, 11) is 0. The summed E-state index contributed by atoms with van der Waals surface area (Å²) in [5.41, 5.74) is -0.631. The molecular weight excluding hydrogens is 354 g/mol. The molecule has 0 atom stereocenters. The van der Waals surface area contributed by atoms with Crippen LogP contribution in [0.4, 0.5) is 5.69 Å². The maximum atomic E-state index is 12.1. The van der Waals surface area contributed by atoms with Gasteiger partial charge in [-0.05, 0) is 12.1 Å². The summed E-state index contributed by atoms with van der Waals surface area (Å²) in [4.78, 5) is 22.6. The van der Waals surface area contributed by atoms with Gasteiger partial charge >= 0.3 is 5.97 Å². The highest BCUT2D eigenvalue weighted by molar-refractivity contribution is 6.32. The number of carbonyl (C=O) groups excluding carboxylic acids is 1. The highest BCUT2D eigenvalue weighted by Crippen LogP contribution is 2.38. The monoisotopic (exact) mass is 365 g/mol. The molecule has 0 saturated heterocycles. The predicted octanol–water partition coefficient (Wildman–Crippen LogP) is 3.21. The molecule has 0 unspecified atom stereocenters. The van der Waals surface area contributed by atoms with Crippen molar-refractivity contribution < 1.29 is 28.7 Å². The molecule has 0 spiro atoms. The lowest BCUT2D eigenvalue weighted by atomic mass is 10.1. The zero-order valence-corrected chi connectivity index (χ0v) is 13.5. The number of hydrogen-bond donors (Lipinski definition) is 0. The van der Waals surface area contributed by atoms with Crippen LogP contribution in [0.25, 0.3) is 0 Å². The highest BCUT2D eigenvalue weighted by Gasteiger charge is 2.28. The minimum Gasteiger partial charge on any atom is -0.488 e. The largest absolute Gasteiger partial charge is 0.488 e. The van der Waals surface area contributed by atoms with E-state index < -0.39 is 16.6 Å². The van der Waals surface area contributed by atoms with Gasteiger partial charge in [-0.3, -0.25) is 10.1 Å². The minimum atomic E-state index is -0.854. The van der Waals surface area contributed by atoms with Crippen molar-refractivity contribution in [1.29, 1.82) is 0 Å². The fourth-order valence-corrected chi connectivity index (χ4v) is 2.36. The number of halogens is 1. The Balaban J connectivity index is 1.63. The third kappa shape index (κ3) is 3.74. The van der Waals surface area contributed by atoms with Crippen LogP contribution >= 0.6 is 11.6 Å². The second kappa shape index (κ2) is 7.27. The first-order valence-electron chi connectivity index (χ1n) is 7.19. The van der Waals surface area contributed by atoms with E-state index in [1.165, 1.54) is 6.07 Å². The van der Waals surface area contributed by atoms with Crippen molar-refractivity contribution in [1.82, 2.24) is 0 Å². The molecular formula is C16H12ClNO7. The van der Waals surface area contributed by atoms with Crippen molar-refractivity contribution in [2.75, 3.05) is 20.0 Å². The second-order valence-corrected chi connectivity index (χ2v) is 5.30. The topological polar surface area (TPSA) is 97.1 Å². The van der Waals surface area contributed by atoms with Gasteiger partial charge in [-0.15, -0.1) is 0 Å². The van der Waals surface area contributed by atoms with Crippen molar-refractivity contribution in [3.63, 3.8) is 0 Å². The smallest absolute Gasteiger partial charge is 0.345 e. The van der Waals surface area contributed by atoms with Crippen LogP contribution in [-0.2, 0) is 4.74 Å². The van der Waals surface area contributed by atoms with Crippen LogP contribution in [0.5, 0.6) is 17.2 Å². The molecule has 0 amide bonds. The Hall–Kier alpha value is -3.00. The molecule has 9 heteroatoms. The van der Waals surface area contributed by atoms with Crippen LogP contribution in [0.15, 0.2) is 36.4 Å². The van der Waals surface area contributed by atoms with Crippen LogP contribution in [0.3, 0.4) is 0 Å². The van der Waals surface area contributed by atoms with Crippen molar-refractivity contribution in [3.8, 4) is 17.2 Å². The maximum Gasteiger partial charge on any atom is 0.345 e. The molecule has 25 heavy (non-hydrogen) atoms. The standard InChI is InChI=1S/C16H12ClNO7/c17-11-3-1-2-4-13(11)22-5-6-23-16(19)10-7-14-15(25-9-24-14)8-12(10)18(20)21/h1-4,7-8H,5-6,9H2. The third-order valence-corrected chi connectivity index (χ3v) is 3.63. The van der Waals surface area contributed by atoms with Crippen LogP contribution in [0, 0.1) is 10.1 Å². The number of fused-ring (bicyclic) bond motifs is 1. The molecule has 130 valence electrons. The van der Waals surface area contributed by atoms with Crippen LogP contribution in [0.1, 0.15) is 10.4 Å². The van der Waals surface area contributed by atoms with E-state index in [-0.39, 0.29) is 37.1 Å². The second-order valence-electron chi connectivity index (χ2n) is 4.89. The molecule has 0 N–H and O–H groups in total. The van der Waals surface area contributed by atoms with Crippen LogP contribution < -0.4 is 14.2 Å². The van der Waals surface area contributed by atoms with E-state index >= 15 is 0 Å². The molecule has 1 aliphatic heterocycles. The Bertz CT molecular complexity index is 824. The number of nitro groups is 1. The molecule has 0 aliphatic carbocycles. The Morgan fingerprint density at radius 1 is 1.20 bits per heavy atom. The zero-order valence-electron chi connectivity index (χ0n) is 12.8.